The molecule has 0 amide bonds. The van der Waals surface area contributed by atoms with Crippen LogP contribution >= 0.6 is 11.6 Å². The summed E-state index contributed by atoms with van der Waals surface area (Å²) in [6.45, 7) is 0. The number of aromatic nitrogens is 2. The zero-order chi connectivity index (χ0) is 14.4. The second kappa shape index (κ2) is 4.42. The fraction of sp³-hybridized carbons (Fsp3) is 0. The van der Waals surface area contributed by atoms with Gasteiger partial charge in [0.25, 0.3) is 0 Å². The largest absolute Gasteiger partial charge is 0.369 e. The molecule has 0 spiro atoms. The molecule has 0 atom stereocenters. The van der Waals surface area contributed by atoms with Crippen molar-refractivity contribution in [1.29, 1.82) is 0 Å². The number of hydrogen-bond acceptors (Lipinski definition) is 2. The summed E-state index contributed by atoms with van der Waals surface area (Å²) in [7, 11) is 0. The topological polar surface area (TPSA) is 43.8 Å². The molecule has 7 heteroatoms. The van der Waals surface area contributed by atoms with Gasteiger partial charge in [-0.2, -0.15) is 0 Å². The van der Waals surface area contributed by atoms with E-state index in [1.54, 1.807) is 0 Å². The van der Waals surface area contributed by atoms with Crippen LogP contribution in [0.1, 0.15) is 0 Å². The van der Waals surface area contributed by atoms with Gasteiger partial charge in [0.1, 0.15) is 17.2 Å². The quantitative estimate of drug-likeness (QED) is 0.744. The maximum absolute atomic E-state index is 13.9. The number of hydrogen-bond donors (Lipinski definition) is 1. The molecule has 0 radical (unpaired) electrons. The number of nitrogen functional groups attached to an aromatic ring is 1. The Hall–Kier alpha value is -2.21. The van der Waals surface area contributed by atoms with Crippen LogP contribution in [0, 0.1) is 17.5 Å². The number of anilines is 1. The van der Waals surface area contributed by atoms with Crippen LogP contribution in [0.15, 0.2) is 30.3 Å². The normalized spacial score (nSPS) is 11.2. The zero-order valence-electron chi connectivity index (χ0n) is 9.87. The van der Waals surface area contributed by atoms with Gasteiger partial charge in [0.15, 0.2) is 5.82 Å². The minimum atomic E-state index is -0.861. The number of nitrogens with two attached hydrogens (primary N) is 1. The van der Waals surface area contributed by atoms with Gasteiger partial charge in [-0.05, 0) is 18.2 Å². The van der Waals surface area contributed by atoms with E-state index in [4.69, 9.17) is 17.3 Å². The van der Waals surface area contributed by atoms with Gasteiger partial charge < -0.3 is 5.73 Å². The summed E-state index contributed by atoms with van der Waals surface area (Å²) in [4.78, 5) is 3.79. The predicted octanol–water partition coefficient (Wildman–Crippen LogP) is 3.68. The molecule has 3 nitrogen and oxygen atoms in total. The summed E-state index contributed by atoms with van der Waals surface area (Å²) >= 11 is 5.67. The van der Waals surface area contributed by atoms with Crippen molar-refractivity contribution in [2.75, 3.05) is 5.73 Å². The van der Waals surface area contributed by atoms with Gasteiger partial charge in [0.2, 0.25) is 5.95 Å². The highest BCUT2D eigenvalue weighted by Gasteiger charge is 2.17. The van der Waals surface area contributed by atoms with Crippen molar-refractivity contribution >= 4 is 28.6 Å². The van der Waals surface area contributed by atoms with Crippen LogP contribution in [0.3, 0.4) is 0 Å². The molecule has 0 unspecified atom stereocenters. The summed E-state index contributed by atoms with van der Waals surface area (Å²) < 4.78 is 42.0. The molecule has 0 fully saturated rings. The third-order valence-corrected chi connectivity index (χ3v) is 3.09. The molecule has 2 aromatic carbocycles. The van der Waals surface area contributed by atoms with E-state index in [9.17, 15) is 13.2 Å². The summed E-state index contributed by atoms with van der Waals surface area (Å²) in [5.41, 5.74) is 5.60. The molecule has 0 aliphatic rings. The molecule has 0 saturated heterocycles. The van der Waals surface area contributed by atoms with Crippen LogP contribution < -0.4 is 5.73 Å². The standard InChI is InChI=1S/C13H7ClF3N3/c14-6-1-2-10(8(16)3-6)20-11-5-7(15)4-9(17)12(11)19-13(20)18/h1-5H,(H2,18,19). The third-order valence-electron chi connectivity index (χ3n) is 2.86. The highest BCUT2D eigenvalue weighted by Crippen LogP contribution is 2.28. The Labute approximate surface area is 116 Å². The van der Waals surface area contributed by atoms with E-state index in [0.717, 1.165) is 16.7 Å². The van der Waals surface area contributed by atoms with Gasteiger partial charge in [-0.15, -0.1) is 0 Å². The Morgan fingerprint density at radius 1 is 1.05 bits per heavy atom. The van der Waals surface area contributed by atoms with Crippen LogP contribution in [-0.2, 0) is 0 Å². The van der Waals surface area contributed by atoms with Crippen LogP contribution in [0.25, 0.3) is 16.7 Å². The number of rotatable bonds is 1. The predicted molar refractivity (Wildman–Crippen MR) is 70.4 cm³/mol. The first-order valence-electron chi connectivity index (χ1n) is 5.56. The van der Waals surface area contributed by atoms with Gasteiger partial charge in [0, 0.05) is 17.2 Å². The fourth-order valence-corrected chi connectivity index (χ4v) is 2.20. The smallest absolute Gasteiger partial charge is 0.206 e. The molecule has 20 heavy (non-hydrogen) atoms. The van der Waals surface area contributed by atoms with Crippen molar-refractivity contribution in [2.45, 2.75) is 0 Å². The molecule has 1 aromatic heterocycles. The molecule has 3 rings (SSSR count). The van der Waals surface area contributed by atoms with E-state index in [1.165, 1.54) is 12.1 Å². The summed E-state index contributed by atoms with van der Waals surface area (Å²) in [6.07, 6.45) is 0. The van der Waals surface area contributed by atoms with E-state index >= 15 is 0 Å². The van der Waals surface area contributed by atoms with Crippen molar-refractivity contribution in [3.05, 3.63) is 52.8 Å². The van der Waals surface area contributed by atoms with Crippen molar-refractivity contribution in [3.63, 3.8) is 0 Å². The van der Waals surface area contributed by atoms with Crippen LogP contribution in [0.5, 0.6) is 0 Å². The van der Waals surface area contributed by atoms with E-state index in [-0.39, 0.29) is 27.7 Å². The van der Waals surface area contributed by atoms with E-state index in [1.807, 2.05) is 0 Å². The molecular weight excluding hydrogens is 291 g/mol. The molecule has 3 aromatic rings. The van der Waals surface area contributed by atoms with Crippen molar-refractivity contribution in [2.24, 2.45) is 0 Å². The van der Waals surface area contributed by atoms with Crippen LogP contribution in [-0.4, -0.2) is 9.55 Å². The highest BCUT2D eigenvalue weighted by atomic mass is 35.5. The lowest BCUT2D eigenvalue weighted by Crippen LogP contribution is -2.03. The van der Waals surface area contributed by atoms with Crippen molar-refractivity contribution in [1.82, 2.24) is 9.55 Å². The van der Waals surface area contributed by atoms with Gasteiger partial charge in [-0.3, -0.25) is 4.57 Å². The lowest BCUT2D eigenvalue weighted by molar-refractivity contribution is 0.590. The number of imidazole rings is 1. The first-order chi connectivity index (χ1) is 9.47. The Balaban J connectivity index is 2.38. The third kappa shape index (κ3) is 1.89. The van der Waals surface area contributed by atoms with Crippen molar-refractivity contribution < 1.29 is 13.2 Å². The molecule has 0 saturated carbocycles. The average Bonchev–Trinajstić information content (AvgIpc) is 2.67. The maximum Gasteiger partial charge on any atom is 0.206 e. The summed E-state index contributed by atoms with van der Waals surface area (Å²) in [5.74, 6) is -2.48. The minimum Gasteiger partial charge on any atom is -0.369 e. The monoisotopic (exact) mass is 297 g/mol. The maximum atomic E-state index is 13.9. The summed E-state index contributed by atoms with van der Waals surface area (Å²) in [6, 6.07) is 5.61. The minimum absolute atomic E-state index is 0.0133. The Morgan fingerprint density at radius 3 is 2.50 bits per heavy atom. The average molecular weight is 298 g/mol. The van der Waals surface area contributed by atoms with E-state index in [2.05, 4.69) is 4.98 Å². The molecular formula is C13H7ClF3N3. The Bertz CT molecular complexity index is 829. The Kier molecular flexibility index (Phi) is 2.83. The second-order valence-electron chi connectivity index (χ2n) is 4.16. The molecule has 0 bridgehead atoms. The van der Waals surface area contributed by atoms with E-state index < -0.39 is 17.5 Å². The molecule has 2 N–H and O–H groups in total. The number of benzene rings is 2. The number of nitrogens with zero attached hydrogens (tertiary/aromatic N) is 2. The second-order valence-corrected chi connectivity index (χ2v) is 4.59. The molecule has 102 valence electrons. The van der Waals surface area contributed by atoms with Gasteiger partial charge in [-0.25, -0.2) is 18.2 Å². The Morgan fingerprint density at radius 2 is 1.80 bits per heavy atom. The lowest BCUT2D eigenvalue weighted by atomic mass is 10.2. The van der Waals surface area contributed by atoms with Crippen molar-refractivity contribution in [3.8, 4) is 5.69 Å². The number of fused-ring (bicyclic) bond motifs is 1. The highest BCUT2D eigenvalue weighted by molar-refractivity contribution is 6.30. The van der Waals surface area contributed by atoms with E-state index in [0.29, 0.717) is 6.07 Å². The van der Waals surface area contributed by atoms with Crippen LogP contribution in [0.2, 0.25) is 5.02 Å². The number of halogens is 4. The molecule has 1 heterocycles. The first-order valence-corrected chi connectivity index (χ1v) is 5.93. The molecule has 0 aliphatic heterocycles. The lowest BCUT2D eigenvalue weighted by Gasteiger charge is -2.08. The SMILES string of the molecule is Nc1nc2c(F)cc(F)cc2n1-c1ccc(Cl)cc1F. The van der Waals surface area contributed by atoms with Crippen LogP contribution in [0.4, 0.5) is 19.1 Å². The fourth-order valence-electron chi connectivity index (χ4n) is 2.04. The zero-order valence-corrected chi connectivity index (χ0v) is 10.6. The van der Waals surface area contributed by atoms with Gasteiger partial charge >= 0.3 is 0 Å². The summed E-state index contributed by atoms with van der Waals surface area (Å²) in [5, 5.41) is 0.201. The molecule has 0 aliphatic carbocycles. The van der Waals surface area contributed by atoms with Gasteiger partial charge in [0.05, 0.1) is 11.2 Å². The first kappa shape index (κ1) is 12.8. The van der Waals surface area contributed by atoms with Gasteiger partial charge in [-0.1, -0.05) is 11.6 Å².